The maximum Gasteiger partial charge on any atom is 0.364 e. The third-order valence-electron chi connectivity index (χ3n) is 2.83. The Morgan fingerprint density at radius 3 is 3.00 bits per heavy atom. The minimum Gasteiger partial charge on any atom is -0.357 e. The molecule has 0 spiro atoms. The van der Waals surface area contributed by atoms with E-state index in [0.29, 0.717) is 11.6 Å². The number of anilines is 1. The molecule has 0 fully saturated rings. The van der Waals surface area contributed by atoms with Crippen LogP contribution in [0.2, 0.25) is 0 Å². The van der Waals surface area contributed by atoms with Gasteiger partial charge in [0.15, 0.2) is 5.65 Å². The molecule has 104 valence electrons. The lowest BCUT2D eigenvalue weighted by atomic mass is 10.2. The summed E-state index contributed by atoms with van der Waals surface area (Å²) >= 11 is 0. The number of H-pyrrole nitrogens is 1. The second-order valence-corrected chi connectivity index (χ2v) is 5.01. The van der Waals surface area contributed by atoms with E-state index in [0.717, 1.165) is 25.5 Å². The van der Waals surface area contributed by atoms with Crippen LogP contribution < -0.4 is 15.9 Å². The molecule has 2 N–H and O–H groups in total. The van der Waals surface area contributed by atoms with Gasteiger partial charge in [-0.2, -0.15) is 9.61 Å². The molecule has 0 radical (unpaired) electrons. The van der Waals surface area contributed by atoms with Gasteiger partial charge in [0, 0.05) is 20.1 Å². The quantitative estimate of drug-likeness (QED) is 0.724. The number of likely N-dealkylation sites (N-methyl/N-ethyl adjacent to an activating group) is 1. The van der Waals surface area contributed by atoms with Crippen molar-refractivity contribution in [3.05, 3.63) is 22.6 Å². The molecule has 0 amide bonds. The third kappa shape index (κ3) is 3.31. The maximum atomic E-state index is 11.4. The van der Waals surface area contributed by atoms with Gasteiger partial charge < -0.3 is 10.2 Å². The summed E-state index contributed by atoms with van der Waals surface area (Å²) in [5.74, 6) is 1.40. The van der Waals surface area contributed by atoms with Gasteiger partial charge in [0.2, 0.25) is 0 Å². The second-order valence-electron chi connectivity index (χ2n) is 5.01. The van der Waals surface area contributed by atoms with Gasteiger partial charge >= 0.3 is 5.69 Å². The van der Waals surface area contributed by atoms with Crippen molar-refractivity contribution in [2.45, 2.75) is 13.8 Å². The first-order valence-corrected chi connectivity index (χ1v) is 6.44. The van der Waals surface area contributed by atoms with Crippen LogP contribution in [-0.4, -0.2) is 46.5 Å². The van der Waals surface area contributed by atoms with Gasteiger partial charge in [-0.05, 0) is 24.6 Å². The standard InChI is InChI=1S/C12H20N6O/c1-9(2)8-13-6-7-17(3)11-5-4-10-14-15-12(19)18(10)16-11/h4-5,9,13H,6-8H2,1-3H3,(H,15,19). The smallest absolute Gasteiger partial charge is 0.357 e. The zero-order valence-corrected chi connectivity index (χ0v) is 11.6. The van der Waals surface area contributed by atoms with Crippen LogP contribution in [0.4, 0.5) is 5.82 Å². The topological polar surface area (TPSA) is 78.3 Å². The van der Waals surface area contributed by atoms with E-state index in [2.05, 4.69) is 34.5 Å². The summed E-state index contributed by atoms with van der Waals surface area (Å²) in [6.45, 7) is 7.07. The Balaban J connectivity index is 1.98. The lowest BCUT2D eigenvalue weighted by molar-refractivity contribution is 0.553. The van der Waals surface area contributed by atoms with Gasteiger partial charge in [0.05, 0.1) is 0 Å². The highest BCUT2D eigenvalue weighted by Gasteiger charge is 2.06. The summed E-state index contributed by atoms with van der Waals surface area (Å²) in [6.07, 6.45) is 0. The van der Waals surface area contributed by atoms with Crippen LogP contribution in [0.3, 0.4) is 0 Å². The number of hydrogen-bond acceptors (Lipinski definition) is 5. The first-order valence-electron chi connectivity index (χ1n) is 6.44. The van der Waals surface area contributed by atoms with Crippen LogP contribution in [0.15, 0.2) is 16.9 Å². The molecule has 0 saturated carbocycles. The number of rotatable bonds is 6. The summed E-state index contributed by atoms with van der Waals surface area (Å²) in [7, 11) is 1.95. The molecule has 0 aliphatic carbocycles. The SMILES string of the molecule is CC(C)CNCCN(C)c1ccc2n[nH]c(=O)n2n1. The molecule has 0 atom stereocenters. The van der Waals surface area contributed by atoms with Crippen LogP contribution in [0, 0.1) is 5.92 Å². The van der Waals surface area contributed by atoms with Crippen molar-refractivity contribution in [3.63, 3.8) is 0 Å². The second kappa shape index (κ2) is 5.83. The van der Waals surface area contributed by atoms with Crippen molar-refractivity contribution < 1.29 is 0 Å². The molecule has 0 saturated heterocycles. The fraction of sp³-hybridized carbons (Fsp3) is 0.583. The number of nitrogens with one attached hydrogen (secondary N) is 2. The first-order chi connectivity index (χ1) is 9.08. The summed E-state index contributed by atoms with van der Waals surface area (Å²) in [6, 6.07) is 3.64. The maximum absolute atomic E-state index is 11.4. The molecule has 0 aromatic carbocycles. The first kappa shape index (κ1) is 13.5. The molecule has 0 aliphatic rings. The number of fused-ring (bicyclic) bond motifs is 1. The van der Waals surface area contributed by atoms with Crippen LogP contribution in [0.5, 0.6) is 0 Å². The predicted molar refractivity (Wildman–Crippen MR) is 74.6 cm³/mol. The van der Waals surface area contributed by atoms with Gasteiger partial charge in [-0.3, -0.25) is 0 Å². The lowest BCUT2D eigenvalue weighted by Gasteiger charge is -2.18. The van der Waals surface area contributed by atoms with Gasteiger partial charge in [0.25, 0.3) is 0 Å². The normalized spacial score (nSPS) is 11.4. The zero-order chi connectivity index (χ0) is 13.8. The Labute approximate surface area is 111 Å². The molecule has 0 bridgehead atoms. The highest BCUT2D eigenvalue weighted by Crippen LogP contribution is 2.07. The molecule has 7 nitrogen and oxygen atoms in total. The predicted octanol–water partition coefficient (Wildman–Crippen LogP) is 0.0994. The van der Waals surface area contributed by atoms with Gasteiger partial charge in [-0.25, -0.2) is 9.89 Å². The van der Waals surface area contributed by atoms with E-state index >= 15 is 0 Å². The average Bonchev–Trinajstić information content (AvgIpc) is 2.75. The highest BCUT2D eigenvalue weighted by atomic mass is 16.2. The van der Waals surface area contributed by atoms with Crippen molar-refractivity contribution in [2.75, 3.05) is 31.6 Å². The summed E-state index contributed by atoms with van der Waals surface area (Å²) in [5.41, 5.74) is 0.211. The van der Waals surface area contributed by atoms with E-state index in [1.807, 2.05) is 18.0 Å². The van der Waals surface area contributed by atoms with Gasteiger partial charge in [-0.1, -0.05) is 13.8 Å². The van der Waals surface area contributed by atoms with Crippen molar-refractivity contribution in [1.82, 2.24) is 25.1 Å². The zero-order valence-electron chi connectivity index (χ0n) is 11.6. The number of hydrogen-bond donors (Lipinski definition) is 2. The van der Waals surface area contributed by atoms with E-state index in [4.69, 9.17) is 0 Å². The van der Waals surface area contributed by atoms with Gasteiger partial charge in [0.1, 0.15) is 5.82 Å². The fourth-order valence-corrected chi connectivity index (χ4v) is 1.75. The Hall–Kier alpha value is -1.89. The average molecular weight is 264 g/mol. The van der Waals surface area contributed by atoms with E-state index < -0.39 is 0 Å². The number of aromatic nitrogens is 4. The number of nitrogens with zero attached hydrogens (tertiary/aromatic N) is 4. The molecule has 2 heterocycles. The van der Waals surface area contributed by atoms with Crippen LogP contribution in [0.25, 0.3) is 5.65 Å². The van der Waals surface area contributed by atoms with E-state index in [9.17, 15) is 4.79 Å². The monoisotopic (exact) mass is 264 g/mol. The molecule has 2 aromatic rings. The summed E-state index contributed by atoms with van der Waals surface area (Å²) in [4.78, 5) is 13.4. The van der Waals surface area contributed by atoms with E-state index in [-0.39, 0.29) is 5.69 Å². The third-order valence-corrected chi connectivity index (χ3v) is 2.83. The summed E-state index contributed by atoms with van der Waals surface area (Å²) in [5, 5.41) is 13.8. The molecule has 19 heavy (non-hydrogen) atoms. The molecule has 0 aliphatic heterocycles. The van der Waals surface area contributed by atoms with Crippen molar-refractivity contribution in [2.24, 2.45) is 5.92 Å². The molecule has 2 rings (SSSR count). The van der Waals surface area contributed by atoms with Gasteiger partial charge in [-0.15, -0.1) is 5.10 Å². The lowest BCUT2D eigenvalue weighted by Crippen LogP contribution is -2.32. The van der Waals surface area contributed by atoms with Crippen LogP contribution in [0.1, 0.15) is 13.8 Å². The Morgan fingerprint density at radius 1 is 1.47 bits per heavy atom. The minimum absolute atomic E-state index is 0.316. The van der Waals surface area contributed by atoms with Crippen LogP contribution in [-0.2, 0) is 0 Å². The van der Waals surface area contributed by atoms with E-state index in [1.54, 1.807) is 6.07 Å². The molecule has 7 heteroatoms. The molecule has 2 aromatic heterocycles. The van der Waals surface area contributed by atoms with Crippen molar-refractivity contribution in [1.29, 1.82) is 0 Å². The van der Waals surface area contributed by atoms with Crippen molar-refractivity contribution >= 4 is 11.5 Å². The number of aromatic amines is 1. The minimum atomic E-state index is -0.316. The highest BCUT2D eigenvalue weighted by molar-refractivity contribution is 5.44. The Kier molecular flexibility index (Phi) is 4.16. The van der Waals surface area contributed by atoms with E-state index in [1.165, 1.54) is 4.52 Å². The fourth-order valence-electron chi connectivity index (χ4n) is 1.75. The van der Waals surface area contributed by atoms with Crippen LogP contribution >= 0.6 is 0 Å². The Morgan fingerprint density at radius 2 is 2.26 bits per heavy atom. The van der Waals surface area contributed by atoms with Crippen molar-refractivity contribution in [3.8, 4) is 0 Å². The molecular weight excluding hydrogens is 244 g/mol. The Bertz CT molecular complexity index is 587. The largest absolute Gasteiger partial charge is 0.364 e. The molecule has 0 unspecified atom stereocenters. The molecular formula is C12H20N6O. The summed E-state index contributed by atoms with van der Waals surface area (Å²) < 4.78 is 1.27.